The number of carbonyl (C=O) groups is 1. The lowest BCUT2D eigenvalue weighted by Gasteiger charge is -2.11. The van der Waals surface area contributed by atoms with Crippen molar-refractivity contribution in [2.75, 3.05) is 16.0 Å². The summed E-state index contributed by atoms with van der Waals surface area (Å²) in [5.41, 5.74) is 6.10. The maximum absolute atomic E-state index is 12.7. The van der Waals surface area contributed by atoms with Gasteiger partial charge in [-0.2, -0.15) is 0 Å². The van der Waals surface area contributed by atoms with Crippen LogP contribution in [0.3, 0.4) is 0 Å². The van der Waals surface area contributed by atoms with Gasteiger partial charge in [-0.1, -0.05) is 18.2 Å². The number of hydrogen-bond acceptors (Lipinski definition) is 4. The molecule has 0 bridgehead atoms. The molecule has 1 amide bonds. The molecule has 35 heavy (non-hydrogen) atoms. The van der Waals surface area contributed by atoms with Crippen LogP contribution in [0.1, 0.15) is 17.3 Å². The van der Waals surface area contributed by atoms with Gasteiger partial charge in [-0.05, 0) is 67.6 Å². The number of aryl methyl sites for hydroxylation is 1. The summed E-state index contributed by atoms with van der Waals surface area (Å²) in [5.74, 6) is -0.154. The van der Waals surface area contributed by atoms with Gasteiger partial charge in [0, 0.05) is 52.0 Å². The van der Waals surface area contributed by atoms with Gasteiger partial charge < -0.3 is 16.0 Å². The van der Waals surface area contributed by atoms with E-state index >= 15 is 0 Å². The number of benzene rings is 3. The number of amides is 1. The van der Waals surface area contributed by atoms with Crippen LogP contribution in [0.5, 0.6) is 0 Å². The minimum absolute atomic E-state index is 0.154. The maximum atomic E-state index is 12.7. The smallest absolute Gasteiger partial charge is 0.255 e. The third-order valence-corrected chi connectivity index (χ3v) is 5.76. The second kappa shape index (κ2) is 10.1. The number of rotatable bonds is 7. The molecule has 6 heteroatoms. The third-order valence-electron chi connectivity index (χ3n) is 5.76. The summed E-state index contributed by atoms with van der Waals surface area (Å²) in [7, 11) is 0. The van der Waals surface area contributed by atoms with E-state index in [-0.39, 0.29) is 5.91 Å². The summed E-state index contributed by atoms with van der Waals surface area (Å²) in [6.07, 6.45) is 5.86. The van der Waals surface area contributed by atoms with Gasteiger partial charge in [0.2, 0.25) is 0 Å². The number of nitrogens with zero attached hydrogens (tertiary/aromatic N) is 2. The second-order valence-corrected chi connectivity index (χ2v) is 8.15. The predicted octanol–water partition coefficient (Wildman–Crippen LogP) is 6.28. The Bertz CT molecular complexity index is 1440. The van der Waals surface area contributed by atoms with E-state index in [0.29, 0.717) is 5.56 Å². The van der Waals surface area contributed by atoms with Crippen molar-refractivity contribution in [3.8, 4) is 0 Å². The number of anilines is 5. The summed E-state index contributed by atoms with van der Waals surface area (Å²) in [6, 6.07) is 29.1. The monoisotopic (exact) mass is 460 g/mol. The quantitative estimate of drug-likeness (QED) is 0.250. The fraction of sp³-hybridized carbons (Fsp3) is 0.0690. The summed E-state index contributed by atoms with van der Waals surface area (Å²) in [6.45, 7) is 3.05. The van der Waals surface area contributed by atoms with Gasteiger partial charge in [-0.3, -0.25) is 9.78 Å². The highest BCUT2D eigenvalue weighted by atomic mass is 16.1. The van der Waals surface area contributed by atoms with Gasteiger partial charge in [-0.15, -0.1) is 0 Å². The zero-order valence-corrected chi connectivity index (χ0v) is 19.4. The number of aromatic nitrogens is 2. The molecular weight excluding hydrogens is 434 g/mol. The number of pyridine rings is 2. The highest BCUT2D eigenvalue weighted by molar-refractivity contribution is 6.04. The Morgan fingerprint density at radius 3 is 2.11 bits per heavy atom. The average molecular weight is 461 g/mol. The Morgan fingerprint density at radius 1 is 0.743 bits per heavy atom. The van der Waals surface area contributed by atoms with E-state index in [9.17, 15) is 4.79 Å². The first kappa shape index (κ1) is 22.1. The first-order valence-corrected chi connectivity index (χ1v) is 11.6. The van der Waals surface area contributed by atoms with Gasteiger partial charge in [0.05, 0.1) is 11.2 Å². The molecule has 3 aromatic carbocycles. The summed E-state index contributed by atoms with van der Waals surface area (Å²) in [5, 5.41) is 10.8. The highest BCUT2D eigenvalue weighted by Gasteiger charge is 2.08. The molecule has 3 N–H and O–H groups in total. The van der Waals surface area contributed by atoms with E-state index in [0.717, 1.165) is 45.9 Å². The first-order chi connectivity index (χ1) is 17.2. The molecule has 0 fully saturated rings. The summed E-state index contributed by atoms with van der Waals surface area (Å²) >= 11 is 0. The van der Waals surface area contributed by atoms with Gasteiger partial charge in [0.1, 0.15) is 6.54 Å². The number of para-hydroxylation sites is 1. The van der Waals surface area contributed by atoms with E-state index in [1.165, 1.54) is 0 Å². The van der Waals surface area contributed by atoms with Crippen LogP contribution in [-0.4, -0.2) is 10.9 Å². The van der Waals surface area contributed by atoms with Crippen LogP contribution in [0.25, 0.3) is 10.9 Å². The van der Waals surface area contributed by atoms with Crippen molar-refractivity contribution in [2.45, 2.75) is 13.5 Å². The van der Waals surface area contributed by atoms with Crippen molar-refractivity contribution in [2.24, 2.45) is 0 Å². The highest BCUT2D eigenvalue weighted by Crippen LogP contribution is 2.25. The lowest BCUT2D eigenvalue weighted by atomic mass is 10.1. The molecule has 0 aliphatic heterocycles. The van der Waals surface area contributed by atoms with Crippen LogP contribution >= 0.6 is 0 Å². The largest absolute Gasteiger partial charge is 0.355 e. The van der Waals surface area contributed by atoms with Crippen LogP contribution in [0.2, 0.25) is 0 Å². The van der Waals surface area contributed by atoms with E-state index in [2.05, 4.69) is 32.4 Å². The van der Waals surface area contributed by atoms with E-state index in [1.54, 1.807) is 6.20 Å². The van der Waals surface area contributed by atoms with Crippen LogP contribution < -0.4 is 20.5 Å². The summed E-state index contributed by atoms with van der Waals surface area (Å²) < 4.78 is 2.10. The van der Waals surface area contributed by atoms with Gasteiger partial charge in [0.15, 0.2) is 12.4 Å². The van der Waals surface area contributed by atoms with Crippen LogP contribution in [0.15, 0.2) is 110 Å². The van der Waals surface area contributed by atoms with Crippen molar-refractivity contribution in [3.05, 3.63) is 115 Å². The Kier molecular flexibility index (Phi) is 6.35. The number of nitrogens with one attached hydrogen (secondary N) is 3. The lowest BCUT2D eigenvalue weighted by Crippen LogP contribution is -2.30. The van der Waals surface area contributed by atoms with Crippen molar-refractivity contribution in [3.63, 3.8) is 0 Å². The SMILES string of the molecule is CC[n+]1ccc(Nc2ccc(NC(=O)c3ccc(Nc4ccnc5ccccc45)cc3)cc2)cc1. The molecule has 0 atom stereocenters. The molecular formula is C29H26N5O+. The van der Waals surface area contributed by atoms with E-state index in [4.69, 9.17) is 0 Å². The van der Waals surface area contributed by atoms with Crippen LogP contribution in [0.4, 0.5) is 28.4 Å². The molecule has 5 rings (SSSR count). The van der Waals surface area contributed by atoms with Crippen molar-refractivity contribution in [1.82, 2.24) is 4.98 Å². The first-order valence-electron chi connectivity index (χ1n) is 11.6. The average Bonchev–Trinajstić information content (AvgIpc) is 2.91. The van der Waals surface area contributed by atoms with Crippen molar-refractivity contribution >= 4 is 45.2 Å². The van der Waals surface area contributed by atoms with E-state index in [1.807, 2.05) is 103 Å². The third kappa shape index (κ3) is 5.28. The molecule has 0 unspecified atom stereocenters. The molecule has 0 aliphatic carbocycles. The minimum Gasteiger partial charge on any atom is -0.355 e. The zero-order valence-electron chi connectivity index (χ0n) is 19.4. The fourth-order valence-corrected chi connectivity index (χ4v) is 3.82. The number of fused-ring (bicyclic) bond motifs is 1. The molecule has 0 spiro atoms. The second-order valence-electron chi connectivity index (χ2n) is 8.15. The van der Waals surface area contributed by atoms with Crippen molar-refractivity contribution in [1.29, 1.82) is 0 Å². The molecule has 2 aromatic heterocycles. The molecule has 6 nitrogen and oxygen atoms in total. The van der Waals surface area contributed by atoms with Crippen molar-refractivity contribution < 1.29 is 9.36 Å². The molecule has 0 aliphatic rings. The Hall–Kier alpha value is -4.71. The molecule has 0 radical (unpaired) electrons. The number of carbonyl (C=O) groups excluding carboxylic acids is 1. The molecule has 0 saturated heterocycles. The maximum Gasteiger partial charge on any atom is 0.255 e. The minimum atomic E-state index is -0.154. The Balaban J connectivity index is 1.21. The molecule has 2 heterocycles. The van der Waals surface area contributed by atoms with Gasteiger partial charge in [-0.25, -0.2) is 4.57 Å². The van der Waals surface area contributed by atoms with E-state index < -0.39 is 0 Å². The fourth-order valence-electron chi connectivity index (χ4n) is 3.82. The van der Waals surface area contributed by atoms with Gasteiger partial charge >= 0.3 is 0 Å². The van der Waals surface area contributed by atoms with Crippen LogP contribution in [-0.2, 0) is 6.54 Å². The molecule has 172 valence electrons. The topological polar surface area (TPSA) is 69.9 Å². The lowest BCUT2D eigenvalue weighted by molar-refractivity contribution is -0.693. The Morgan fingerprint density at radius 2 is 1.37 bits per heavy atom. The standard InChI is InChI=1S/C29H25N5O/c1-2-34-19-16-25(17-20-34)31-22-11-13-24(14-12-22)33-29(35)21-7-9-23(10-8-21)32-28-15-18-30-27-6-4-3-5-26(27)28/h3-20H,2H2,1H3,(H2,30,32,33,35)/p+1. The number of hydrogen-bond donors (Lipinski definition) is 3. The molecule has 5 aromatic rings. The zero-order chi connectivity index (χ0) is 24.0. The van der Waals surface area contributed by atoms with Crippen LogP contribution in [0, 0.1) is 0 Å². The van der Waals surface area contributed by atoms with Gasteiger partial charge in [0.25, 0.3) is 5.91 Å². The normalized spacial score (nSPS) is 10.7. The predicted molar refractivity (Wildman–Crippen MR) is 141 cm³/mol. The summed E-state index contributed by atoms with van der Waals surface area (Å²) in [4.78, 5) is 17.1. The Labute approximate surface area is 204 Å². The molecule has 0 saturated carbocycles.